The van der Waals surface area contributed by atoms with E-state index in [1.54, 1.807) is 7.11 Å². The fourth-order valence-corrected chi connectivity index (χ4v) is 2.55. The SMILES string of the molecule is CCC(CN)CC(=O)NC(C)c1ccc(OC)c(Br)c1. The standard InChI is InChI=1S/C15H23BrN2O2/c1-4-11(9-17)7-15(19)18-10(2)12-5-6-14(20-3)13(16)8-12/h5-6,8,10-11H,4,7,9,17H2,1-3H3,(H,18,19). The van der Waals surface area contributed by atoms with Gasteiger partial charge in [0.1, 0.15) is 5.75 Å². The van der Waals surface area contributed by atoms with E-state index in [2.05, 4.69) is 28.2 Å². The molecule has 2 atom stereocenters. The summed E-state index contributed by atoms with van der Waals surface area (Å²) in [6.07, 6.45) is 1.40. The van der Waals surface area contributed by atoms with Crippen LogP contribution < -0.4 is 15.8 Å². The Hall–Kier alpha value is -1.07. The van der Waals surface area contributed by atoms with Crippen LogP contribution in [0.25, 0.3) is 0 Å². The van der Waals surface area contributed by atoms with Crippen molar-refractivity contribution in [3.63, 3.8) is 0 Å². The molecule has 5 heteroatoms. The molecule has 0 saturated carbocycles. The van der Waals surface area contributed by atoms with Crippen molar-refractivity contribution in [2.45, 2.75) is 32.7 Å². The van der Waals surface area contributed by atoms with Gasteiger partial charge in [-0.1, -0.05) is 19.4 Å². The molecule has 1 amide bonds. The summed E-state index contributed by atoms with van der Waals surface area (Å²) >= 11 is 3.45. The Morgan fingerprint density at radius 3 is 2.70 bits per heavy atom. The van der Waals surface area contributed by atoms with Crippen LogP contribution in [0.1, 0.15) is 38.3 Å². The van der Waals surface area contributed by atoms with E-state index in [0.717, 1.165) is 22.2 Å². The molecule has 4 nitrogen and oxygen atoms in total. The van der Waals surface area contributed by atoms with Crippen LogP contribution in [0, 0.1) is 5.92 Å². The Kier molecular flexibility index (Phi) is 7.02. The fourth-order valence-electron chi connectivity index (χ4n) is 1.99. The maximum atomic E-state index is 12.0. The van der Waals surface area contributed by atoms with E-state index >= 15 is 0 Å². The highest BCUT2D eigenvalue weighted by atomic mass is 79.9. The summed E-state index contributed by atoms with van der Waals surface area (Å²) in [5.41, 5.74) is 6.66. The first-order valence-corrected chi connectivity index (χ1v) is 7.63. The monoisotopic (exact) mass is 342 g/mol. The third kappa shape index (κ3) is 4.80. The highest BCUT2D eigenvalue weighted by molar-refractivity contribution is 9.10. The zero-order chi connectivity index (χ0) is 15.1. The number of methoxy groups -OCH3 is 1. The number of ether oxygens (including phenoxy) is 1. The van der Waals surface area contributed by atoms with Crippen LogP contribution in [0.3, 0.4) is 0 Å². The highest BCUT2D eigenvalue weighted by Gasteiger charge is 2.14. The molecule has 1 rings (SSSR count). The van der Waals surface area contributed by atoms with Gasteiger partial charge in [0.25, 0.3) is 0 Å². The summed E-state index contributed by atoms with van der Waals surface area (Å²) in [7, 11) is 1.63. The van der Waals surface area contributed by atoms with E-state index < -0.39 is 0 Å². The number of nitrogens with one attached hydrogen (secondary N) is 1. The average molecular weight is 343 g/mol. The first-order chi connectivity index (χ1) is 9.51. The second-order valence-electron chi connectivity index (χ2n) is 4.90. The molecule has 1 aromatic carbocycles. The molecule has 20 heavy (non-hydrogen) atoms. The lowest BCUT2D eigenvalue weighted by molar-refractivity contribution is -0.122. The van der Waals surface area contributed by atoms with E-state index in [1.807, 2.05) is 25.1 Å². The maximum Gasteiger partial charge on any atom is 0.220 e. The first kappa shape index (κ1) is 17.0. The molecule has 0 aliphatic carbocycles. The van der Waals surface area contributed by atoms with Crippen LogP contribution in [0.15, 0.2) is 22.7 Å². The molecule has 0 radical (unpaired) electrons. The molecule has 0 saturated heterocycles. The van der Waals surface area contributed by atoms with Gasteiger partial charge in [-0.25, -0.2) is 0 Å². The van der Waals surface area contributed by atoms with Crippen molar-refractivity contribution in [2.24, 2.45) is 11.7 Å². The summed E-state index contributed by atoms with van der Waals surface area (Å²) in [5.74, 6) is 1.08. The molecule has 0 aliphatic rings. The number of nitrogens with two attached hydrogens (primary N) is 1. The quantitative estimate of drug-likeness (QED) is 0.800. The van der Waals surface area contributed by atoms with Gasteiger partial charge in [-0.3, -0.25) is 4.79 Å². The van der Waals surface area contributed by atoms with Crippen LogP contribution in [-0.4, -0.2) is 19.6 Å². The predicted octanol–water partition coefficient (Wildman–Crippen LogP) is 3.01. The zero-order valence-corrected chi connectivity index (χ0v) is 13.9. The average Bonchev–Trinajstić information content (AvgIpc) is 2.44. The van der Waals surface area contributed by atoms with Gasteiger partial charge in [0.15, 0.2) is 0 Å². The van der Waals surface area contributed by atoms with Crippen LogP contribution in [-0.2, 0) is 4.79 Å². The van der Waals surface area contributed by atoms with Crippen LogP contribution in [0.2, 0.25) is 0 Å². The van der Waals surface area contributed by atoms with Crippen molar-refractivity contribution >= 4 is 21.8 Å². The van der Waals surface area contributed by atoms with Gasteiger partial charge in [0.2, 0.25) is 5.91 Å². The van der Waals surface area contributed by atoms with Crippen molar-refractivity contribution in [3.8, 4) is 5.75 Å². The second-order valence-corrected chi connectivity index (χ2v) is 5.75. The highest BCUT2D eigenvalue weighted by Crippen LogP contribution is 2.28. The molecule has 112 valence electrons. The maximum absolute atomic E-state index is 12.0. The van der Waals surface area contributed by atoms with E-state index in [0.29, 0.717) is 13.0 Å². The van der Waals surface area contributed by atoms with Gasteiger partial charge in [-0.15, -0.1) is 0 Å². The Bertz CT molecular complexity index is 447. The Labute approximate surface area is 129 Å². The lowest BCUT2D eigenvalue weighted by Crippen LogP contribution is -2.30. The second kappa shape index (κ2) is 8.27. The van der Waals surface area contributed by atoms with Crippen LogP contribution >= 0.6 is 15.9 Å². The lowest BCUT2D eigenvalue weighted by Gasteiger charge is -2.18. The number of hydrogen-bond donors (Lipinski definition) is 2. The van der Waals surface area contributed by atoms with E-state index in [-0.39, 0.29) is 17.9 Å². The van der Waals surface area contributed by atoms with Gasteiger partial charge < -0.3 is 15.8 Å². The van der Waals surface area contributed by atoms with Crippen molar-refractivity contribution in [2.75, 3.05) is 13.7 Å². The number of rotatable bonds is 7. The lowest BCUT2D eigenvalue weighted by atomic mass is 10.0. The van der Waals surface area contributed by atoms with Crippen molar-refractivity contribution in [1.29, 1.82) is 0 Å². The molecule has 0 bridgehead atoms. The Morgan fingerprint density at radius 2 is 2.20 bits per heavy atom. The number of carbonyl (C=O) groups is 1. The number of hydrogen-bond acceptors (Lipinski definition) is 3. The molecule has 0 fully saturated rings. The van der Waals surface area contributed by atoms with E-state index in [1.165, 1.54) is 0 Å². The summed E-state index contributed by atoms with van der Waals surface area (Å²) in [5, 5.41) is 3.00. The van der Waals surface area contributed by atoms with Gasteiger partial charge in [-0.2, -0.15) is 0 Å². The number of halogens is 1. The molecule has 0 heterocycles. The Morgan fingerprint density at radius 1 is 1.50 bits per heavy atom. The molecule has 0 aliphatic heterocycles. The summed E-state index contributed by atoms with van der Waals surface area (Å²) in [6.45, 7) is 4.57. The van der Waals surface area contributed by atoms with Crippen LogP contribution in [0.5, 0.6) is 5.75 Å². The normalized spacial score (nSPS) is 13.7. The summed E-state index contributed by atoms with van der Waals surface area (Å²) in [6, 6.07) is 5.76. The number of benzene rings is 1. The van der Waals surface area contributed by atoms with Gasteiger partial charge >= 0.3 is 0 Å². The number of carbonyl (C=O) groups excluding carboxylic acids is 1. The topological polar surface area (TPSA) is 64.4 Å². The summed E-state index contributed by atoms with van der Waals surface area (Å²) in [4.78, 5) is 12.0. The zero-order valence-electron chi connectivity index (χ0n) is 12.3. The third-order valence-electron chi connectivity index (χ3n) is 3.44. The molecule has 3 N–H and O–H groups in total. The minimum absolute atomic E-state index is 0.0417. The molecule has 0 spiro atoms. The largest absolute Gasteiger partial charge is 0.496 e. The van der Waals surface area contributed by atoms with Gasteiger partial charge in [0.05, 0.1) is 17.6 Å². The molecular formula is C15H23BrN2O2. The minimum Gasteiger partial charge on any atom is -0.496 e. The number of amides is 1. The van der Waals surface area contributed by atoms with Crippen molar-refractivity contribution < 1.29 is 9.53 Å². The van der Waals surface area contributed by atoms with Crippen LogP contribution in [0.4, 0.5) is 0 Å². The van der Waals surface area contributed by atoms with E-state index in [9.17, 15) is 4.79 Å². The van der Waals surface area contributed by atoms with Gasteiger partial charge in [0, 0.05) is 6.42 Å². The predicted molar refractivity (Wildman–Crippen MR) is 84.7 cm³/mol. The summed E-state index contributed by atoms with van der Waals surface area (Å²) < 4.78 is 6.08. The smallest absolute Gasteiger partial charge is 0.220 e. The molecule has 1 aromatic rings. The Balaban J connectivity index is 2.64. The molecule has 2 unspecified atom stereocenters. The van der Waals surface area contributed by atoms with Crippen molar-refractivity contribution in [3.05, 3.63) is 28.2 Å². The van der Waals surface area contributed by atoms with Gasteiger partial charge in [-0.05, 0) is 53.0 Å². The first-order valence-electron chi connectivity index (χ1n) is 6.84. The molecule has 0 aromatic heterocycles. The molecular weight excluding hydrogens is 320 g/mol. The van der Waals surface area contributed by atoms with Crippen molar-refractivity contribution in [1.82, 2.24) is 5.32 Å². The van der Waals surface area contributed by atoms with E-state index in [4.69, 9.17) is 10.5 Å². The minimum atomic E-state index is -0.0417. The fraction of sp³-hybridized carbons (Fsp3) is 0.533. The third-order valence-corrected chi connectivity index (χ3v) is 4.06.